The van der Waals surface area contributed by atoms with Crippen molar-refractivity contribution in [1.29, 1.82) is 0 Å². The molecule has 0 aliphatic carbocycles. The number of likely N-dealkylation sites (tertiary alicyclic amines) is 1. The Hall–Kier alpha value is -3.09. The Morgan fingerprint density at radius 2 is 1.87 bits per heavy atom. The molecule has 39 heavy (non-hydrogen) atoms. The molecule has 208 valence electrons. The molecule has 2 aromatic heterocycles. The third kappa shape index (κ3) is 5.24. The third-order valence-corrected chi connectivity index (χ3v) is 8.58. The highest BCUT2D eigenvalue weighted by Crippen LogP contribution is 2.35. The molecule has 5 heterocycles. The average Bonchev–Trinajstić information content (AvgIpc) is 3.48. The second-order valence-electron chi connectivity index (χ2n) is 10.7. The molecule has 2 atom stereocenters. The monoisotopic (exact) mass is 572 g/mol. The summed E-state index contributed by atoms with van der Waals surface area (Å²) in [6.07, 6.45) is 5.67. The number of benzene rings is 1. The Kier molecular flexibility index (Phi) is 6.80. The molecule has 3 aliphatic rings. The molecule has 13 heteroatoms. The number of carbonyl (C=O) groups excluding carboxylic acids is 1. The van der Waals surface area contributed by atoms with Crippen LogP contribution in [0.2, 0.25) is 5.02 Å². The van der Waals surface area contributed by atoms with E-state index in [9.17, 15) is 13.2 Å². The first-order valence-corrected chi connectivity index (χ1v) is 15.7. The molecule has 1 aromatic carbocycles. The van der Waals surface area contributed by atoms with E-state index in [1.54, 1.807) is 11.0 Å². The van der Waals surface area contributed by atoms with Crippen molar-refractivity contribution in [1.82, 2.24) is 19.5 Å². The quantitative estimate of drug-likeness (QED) is 0.461. The van der Waals surface area contributed by atoms with Crippen molar-refractivity contribution in [2.75, 3.05) is 53.5 Å². The van der Waals surface area contributed by atoms with Crippen LogP contribution in [0.1, 0.15) is 54.2 Å². The van der Waals surface area contributed by atoms with Crippen molar-refractivity contribution in [3.8, 4) is 0 Å². The maximum absolute atomic E-state index is 13.9. The van der Waals surface area contributed by atoms with Crippen LogP contribution in [-0.2, 0) is 10.0 Å². The van der Waals surface area contributed by atoms with Gasteiger partial charge in [-0.1, -0.05) is 11.6 Å². The van der Waals surface area contributed by atoms with Gasteiger partial charge < -0.3 is 20.4 Å². The van der Waals surface area contributed by atoms with Gasteiger partial charge in [-0.15, -0.1) is 0 Å². The highest BCUT2D eigenvalue weighted by molar-refractivity contribution is 7.92. The Morgan fingerprint density at radius 3 is 2.56 bits per heavy atom. The van der Waals surface area contributed by atoms with Gasteiger partial charge >= 0.3 is 0 Å². The minimum absolute atomic E-state index is 0.120. The summed E-state index contributed by atoms with van der Waals surface area (Å²) in [5.41, 5.74) is 8.17. The zero-order valence-corrected chi connectivity index (χ0v) is 23.5. The van der Waals surface area contributed by atoms with Gasteiger partial charge in [-0.05, 0) is 50.3 Å². The summed E-state index contributed by atoms with van der Waals surface area (Å²) >= 11 is 6.24. The number of aromatic nitrogens is 3. The predicted octanol–water partition coefficient (Wildman–Crippen LogP) is 2.87. The van der Waals surface area contributed by atoms with E-state index in [0.29, 0.717) is 11.6 Å². The van der Waals surface area contributed by atoms with Crippen LogP contribution >= 0.6 is 11.6 Å². The highest BCUT2D eigenvalue weighted by atomic mass is 35.5. The first-order chi connectivity index (χ1) is 18.7. The summed E-state index contributed by atoms with van der Waals surface area (Å²) in [4.78, 5) is 25.1. The van der Waals surface area contributed by atoms with Gasteiger partial charge in [0.2, 0.25) is 10.0 Å². The lowest BCUT2D eigenvalue weighted by atomic mass is 9.98. The van der Waals surface area contributed by atoms with Gasteiger partial charge in [-0.25, -0.2) is 13.4 Å². The van der Waals surface area contributed by atoms with Crippen molar-refractivity contribution in [3.05, 3.63) is 46.6 Å². The van der Waals surface area contributed by atoms with Gasteiger partial charge in [0, 0.05) is 55.9 Å². The highest BCUT2D eigenvalue weighted by Gasteiger charge is 2.33. The molecule has 3 aromatic rings. The smallest absolute Gasteiger partial charge is 0.256 e. The number of sulfonamides is 1. The largest absolute Gasteiger partial charge is 0.356 e. The first kappa shape index (κ1) is 26.1. The fourth-order valence-corrected chi connectivity index (χ4v) is 6.42. The molecule has 0 saturated carbocycles. The molecule has 2 unspecified atom stereocenters. The van der Waals surface area contributed by atoms with Crippen LogP contribution in [-0.4, -0.2) is 78.8 Å². The number of carbonyl (C=O) groups is 1. The number of amides is 1. The van der Waals surface area contributed by atoms with Crippen molar-refractivity contribution in [2.24, 2.45) is 5.73 Å². The van der Waals surface area contributed by atoms with Gasteiger partial charge in [0.05, 0.1) is 29.2 Å². The first-order valence-electron chi connectivity index (χ1n) is 13.4. The molecule has 3 aliphatic heterocycles. The SMILES string of the molecule is CS(=O)(=O)Nc1ccc(Cl)cc1C(=O)N1CCCCC1c1cc2nc(N3CCC3)cc(N3CCC(N)C3)n2n1. The van der Waals surface area contributed by atoms with E-state index in [4.69, 9.17) is 27.4 Å². The second kappa shape index (κ2) is 10.1. The molecule has 1 amide bonds. The number of piperidine rings is 1. The van der Waals surface area contributed by atoms with E-state index >= 15 is 0 Å². The molecule has 3 N–H and O–H groups in total. The Balaban J connectivity index is 1.39. The van der Waals surface area contributed by atoms with E-state index in [2.05, 4.69) is 20.6 Å². The van der Waals surface area contributed by atoms with Gasteiger partial charge in [0.25, 0.3) is 5.91 Å². The number of nitrogens with two attached hydrogens (primary N) is 1. The fourth-order valence-electron chi connectivity index (χ4n) is 5.67. The van der Waals surface area contributed by atoms with Gasteiger partial charge in [-0.3, -0.25) is 9.52 Å². The lowest BCUT2D eigenvalue weighted by Crippen LogP contribution is -2.39. The number of halogens is 1. The van der Waals surface area contributed by atoms with Crippen molar-refractivity contribution in [2.45, 2.75) is 44.2 Å². The van der Waals surface area contributed by atoms with Crippen LogP contribution in [0.5, 0.6) is 0 Å². The van der Waals surface area contributed by atoms with Crippen LogP contribution in [0.4, 0.5) is 17.3 Å². The van der Waals surface area contributed by atoms with Crippen LogP contribution in [0.3, 0.4) is 0 Å². The molecule has 3 fully saturated rings. The maximum atomic E-state index is 13.9. The molecule has 3 saturated heterocycles. The number of hydrogen-bond acceptors (Lipinski definition) is 8. The van der Waals surface area contributed by atoms with Gasteiger partial charge in [0.1, 0.15) is 11.6 Å². The molecular formula is C26H33ClN8O3S. The average molecular weight is 573 g/mol. The molecule has 6 rings (SSSR count). The summed E-state index contributed by atoms with van der Waals surface area (Å²) in [5.74, 6) is 1.61. The molecule has 11 nitrogen and oxygen atoms in total. The molecule has 0 bridgehead atoms. The lowest BCUT2D eigenvalue weighted by molar-refractivity contribution is 0.0607. The predicted molar refractivity (Wildman–Crippen MR) is 152 cm³/mol. The van der Waals surface area contributed by atoms with E-state index in [-0.39, 0.29) is 29.2 Å². The second-order valence-corrected chi connectivity index (χ2v) is 12.9. The van der Waals surface area contributed by atoms with Crippen LogP contribution in [0, 0.1) is 0 Å². The maximum Gasteiger partial charge on any atom is 0.256 e. The number of fused-ring (bicyclic) bond motifs is 1. The van der Waals surface area contributed by atoms with Crippen LogP contribution < -0.4 is 20.3 Å². The van der Waals surface area contributed by atoms with Crippen molar-refractivity contribution in [3.63, 3.8) is 0 Å². The fraction of sp³-hybridized carbons (Fsp3) is 0.500. The topological polar surface area (TPSA) is 129 Å². The van der Waals surface area contributed by atoms with E-state index < -0.39 is 10.0 Å². The van der Waals surface area contributed by atoms with E-state index in [1.165, 1.54) is 12.1 Å². The van der Waals surface area contributed by atoms with E-state index in [0.717, 1.165) is 87.5 Å². The van der Waals surface area contributed by atoms with Crippen molar-refractivity contribution < 1.29 is 13.2 Å². The number of anilines is 3. The molecular weight excluding hydrogens is 540 g/mol. The standard InChI is InChI=1S/C26H33ClN8O3S/c1-39(37,38)31-20-7-6-17(27)13-19(20)26(36)34-11-3-2-5-22(34)21-14-24-29-23(32-9-4-10-32)15-25(35(24)30-21)33-12-8-18(28)16-33/h6-7,13-15,18,22,31H,2-5,8-12,16,28H2,1H3. The van der Waals surface area contributed by atoms with Crippen LogP contribution in [0.15, 0.2) is 30.3 Å². The zero-order chi connectivity index (χ0) is 27.3. The summed E-state index contributed by atoms with van der Waals surface area (Å²) < 4.78 is 28.3. The van der Waals surface area contributed by atoms with Crippen molar-refractivity contribution >= 4 is 50.5 Å². The minimum atomic E-state index is -3.59. The Bertz CT molecular complexity index is 1520. The number of nitrogens with one attached hydrogen (secondary N) is 1. The molecule has 0 spiro atoms. The number of nitrogens with zero attached hydrogens (tertiary/aromatic N) is 6. The normalized spacial score (nSPS) is 21.9. The number of hydrogen-bond donors (Lipinski definition) is 2. The van der Waals surface area contributed by atoms with Gasteiger partial charge in [-0.2, -0.15) is 9.61 Å². The zero-order valence-electron chi connectivity index (χ0n) is 21.9. The summed E-state index contributed by atoms with van der Waals surface area (Å²) in [7, 11) is -3.59. The minimum Gasteiger partial charge on any atom is -0.356 e. The summed E-state index contributed by atoms with van der Waals surface area (Å²) in [5, 5.41) is 5.35. The van der Waals surface area contributed by atoms with E-state index in [1.807, 2.05) is 10.6 Å². The number of rotatable bonds is 6. The Morgan fingerprint density at radius 1 is 1.05 bits per heavy atom. The summed E-state index contributed by atoms with van der Waals surface area (Å²) in [6.45, 7) is 4.11. The summed E-state index contributed by atoms with van der Waals surface area (Å²) in [6, 6.07) is 8.52. The third-order valence-electron chi connectivity index (χ3n) is 7.75. The van der Waals surface area contributed by atoms with Crippen LogP contribution in [0.25, 0.3) is 5.65 Å². The van der Waals surface area contributed by atoms with Gasteiger partial charge in [0.15, 0.2) is 5.65 Å². The lowest BCUT2D eigenvalue weighted by Gasteiger charge is -2.35. The Labute approximate surface area is 233 Å². The molecule has 0 radical (unpaired) electrons.